The van der Waals surface area contributed by atoms with Crippen LogP contribution in [0.3, 0.4) is 0 Å². The number of rotatable bonds is 5. The molecule has 1 amide bonds. The first-order valence-electron chi connectivity index (χ1n) is 6.98. The lowest BCUT2D eigenvalue weighted by Gasteiger charge is -2.13. The van der Waals surface area contributed by atoms with Crippen LogP contribution in [0, 0.1) is 24.0 Å². The van der Waals surface area contributed by atoms with Gasteiger partial charge >= 0.3 is 5.97 Å². The van der Waals surface area contributed by atoms with E-state index in [1.807, 2.05) is 0 Å². The number of esters is 1. The molecule has 0 aliphatic heterocycles. The van der Waals surface area contributed by atoms with Crippen LogP contribution in [-0.2, 0) is 9.53 Å². The molecule has 0 saturated carbocycles. The van der Waals surface area contributed by atoms with E-state index in [2.05, 4.69) is 10.5 Å². The molecule has 0 aliphatic carbocycles. The number of hydrogen-bond donors (Lipinski definition) is 1. The summed E-state index contributed by atoms with van der Waals surface area (Å²) in [7, 11) is 0. The van der Waals surface area contributed by atoms with Gasteiger partial charge in [0.1, 0.15) is 11.3 Å². The Labute approximate surface area is 136 Å². The van der Waals surface area contributed by atoms with Crippen molar-refractivity contribution in [1.82, 2.24) is 5.16 Å². The molecule has 0 aliphatic rings. The summed E-state index contributed by atoms with van der Waals surface area (Å²) in [6, 6.07) is 5.30. The molecule has 0 fully saturated rings. The molecule has 1 N–H and O–H groups in total. The first-order valence-corrected chi connectivity index (χ1v) is 6.98. The van der Waals surface area contributed by atoms with Crippen molar-refractivity contribution in [2.24, 2.45) is 0 Å². The van der Waals surface area contributed by atoms with Gasteiger partial charge in [0.2, 0.25) is 0 Å². The summed E-state index contributed by atoms with van der Waals surface area (Å²) in [5.74, 6) is -0.970. The number of hydrogen-bond acceptors (Lipinski definition) is 7. The third-order valence-corrected chi connectivity index (χ3v) is 3.24. The molecule has 0 radical (unpaired) electrons. The Hall–Kier alpha value is -3.23. The Kier molecular flexibility index (Phi) is 4.93. The van der Waals surface area contributed by atoms with Gasteiger partial charge in [-0.1, -0.05) is 5.16 Å². The van der Waals surface area contributed by atoms with Crippen LogP contribution in [-0.4, -0.2) is 28.1 Å². The number of nitrogens with one attached hydrogen (secondary N) is 1. The van der Waals surface area contributed by atoms with E-state index in [0.29, 0.717) is 17.1 Å². The highest BCUT2D eigenvalue weighted by atomic mass is 16.6. The van der Waals surface area contributed by atoms with Gasteiger partial charge in [-0.3, -0.25) is 14.9 Å². The standard InChI is InChI=1S/C15H15N3O6/c1-8-13(9(2)24-17-8)15(20)23-10(3)14(19)16-11-4-6-12(7-5-11)18(21)22/h4-7,10H,1-3H3,(H,16,19)/t10-/m0/s1. The Morgan fingerprint density at radius 1 is 1.29 bits per heavy atom. The number of aromatic nitrogens is 1. The van der Waals surface area contributed by atoms with E-state index in [-0.39, 0.29) is 11.3 Å². The van der Waals surface area contributed by atoms with E-state index in [1.54, 1.807) is 13.8 Å². The van der Waals surface area contributed by atoms with Crippen LogP contribution in [0.15, 0.2) is 28.8 Å². The molecule has 2 rings (SSSR count). The number of nitrogens with zero attached hydrogens (tertiary/aromatic N) is 2. The maximum Gasteiger partial charge on any atom is 0.344 e. The molecule has 1 aromatic carbocycles. The third kappa shape index (κ3) is 3.75. The SMILES string of the molecule is Cc1noc(C)c1C(=O)O[C@@H](C)C(=O)Nc1ccc([N+](=O)[O-])cc1. The van der Waals surface area contributed by atoms with Crippen LogP contribution in [0.5, 0.6) is 0 Å². The molecule has 0 saturated heterocycles. The summed E-state index contributed by atoms with van der Waals surface area (Å²) >= 11 is 0. The largest absolute Gasteiger partial charge is 0.449 e. The van der Waals surface area contributed by atoms with E-state index >= 15 is 0 Å². The van der Waals surface area contributed by atoms with Gasteiger partial charge in [-0.25, -0.2) is 4.79 Å². The minimum atomic E-state index is -1.07. The number of benzene rings is 1. The van der Waals surface area contributed by atoms with Gasteiger partial charge in [-0.15, -0.1) is 0 Å². The number of anilines is 1. The summed E-state index contributed by atoms with van der Waals surface area (Å²) in [5.41, 5.74) is 0.821. The number of nitro benzene ring substituents is 1. The van der Waals surface area contributed by atoms with Gasteiger partial charge in [0.15, 0.2) is 6.10 Å². The van der Waals surface area contributed by atoms with Gasteiger partial charge in [0.25, 0.3) is 11.6 Å². The maximum absolute atomic E-state index is 12.1. The molecule has 1 atom stereocenters. The fourth-order valence-electron chi connectivity index (χ4n) is 1.96. The Morgan fingerprint density at radius 2 is 1.92 bits per heavy atom. The number of carbonyl (C=O) groups excluding carboxylic acids is 2. The van der Waals surface area contributed by atoms with E-state index in [4.69, 9.17) is 9.26 Å². The minimum Gasteiger partial charge on any atom is -0.449 e. The molecule has 0 bridgehead atoms. The summed E-state index contributed by atoms with van der Waals surface area (Å²) in [4.78, 5) is 34.1. The van der Waals surface area contributed by atoms with Crippen molar-refractivity contribution in [2.45, 2.75) is 26.9 Å². The zero-order valence-corrected chi connectivity index (χ0v) is 13.2. The highest BCUT2D eigenvalue weighted by Gasteiger charge is 2.24. The first kappa shape index (κ1) is 17.1. The van der Waals surface area contributed by atoms with Crippen LogP contribution >= 0.6 is 0 Å². The number of ether oxygens (including phenoxy) is 1. The fraction of sp³-hybridized carbons (Fsp3) is 0.267. The molecule has 9 heteroatoms. The third-order valence-electron chi connectivity index (χ3n) is 3.24. The zero-order chi connectivity index (χ0) is 17.9. The van der Waals surface area contributed by atoms with Crippen molar-refractivity contribution in [3.05, 3.63) is 51.4 Å². The number of amides is 1. The van der Waals surface area contributed by atoms with Crippen molar-refractivity contribution in [3.63, 3.8) is 0 Å². The van der Waals surface area contributed by atoms with Crippen molar-refractivity contribution < 1.29 is 23.8 Å². The Bertz CT molecular complexity index is 762. The summed E-state index contributed by atoms with van der Waals surface area (Å²) in [5, 5.41) is 16.7. The monoisotopic (exact) mass is 333 g/mol. The maximum atomic E-state index is 12.1. The van der Waals surface area contributed by atoms with Crippen LogP contribution in [0.25, 0.3) is 0 Å². The zero-order valence-electron chi connectivity index (χ0n) is 13.2. The Balaban J connectivity index is 1.99. The first-order chi connectivity index (χ1) is 11.3. The molecule has 2 aromatic rings. The molecule has 126 valence electrons. The molecule has 1 aromatic heterocycles. The second kappa shape index (κ2) is 6.90. The summed E-state index contributed by atoms with van der Waals surface area (Å²) < 4.78 is 9.97. The number of nitro groups is 1. The molecule has 0 spiro atoms. The van der Waals surface area contributed by atoms with Gasteiger partial charge in [-0.2, -0.15) is 0 Å². The van der Waals surface area contributed by atoms with Crippen molar-refractivity contribution in [2.75, 3.05) is 5.32 Å². The second-order valence-corrected chi connectivity index (χ2v) is 5.04. The van der Waals surface area contributed by atoms with Gasteiger partial charge in [-0.05, 0) is 32.9 Å². The molecule has 1 heterocycles. The van der Waals surface area contributed by atoms with Crippen LogP contribution in [0.1, 0.15) is 28.7 Å². The Morgan fingerprint density at radius 3 is 2.42 bits per heavy atom. The number of carbonyl (C=O) groups is 2. The second-order valence-electron chi connectivity index (χ2n) is 5.04. The van der Waals surface area contributed by atoms with E-state index in [1.165, 1.54) is 31.2 Å². The van der Waals surface area contributed by atoms with E-state index < -0.39 is 22.9 Å². The summed E-state index contributed by atoms with van der Waals surface area (Å²) in [6.07, 6.45) is -1.07. The van der Waals surface area contributed by atoms with Gasteiger partial charge in [0.05, 0.1) is 10.6 Å². The van der Waals surface area contributed by atoms with Gasteiger partial charge in [0, 0.05) is 17.8 Å². The van der Waals surface area contributed by atoms with E-state index in [0.717, 1.165) is 0 Å². The lowest BCUT2D eigenvalue weighted by atomic mass is 10.2. The molecular weight excluding hydrogens is 318 g/mol. The normalized spacial score (nSPS) is 11.6. The quantitative estimate of drug-likeness (QED) is 0.506. The topological polar surface area (TPSA) is 125 Å². The van der Waals surface area contributed by atoms with E-state index in [9.17, 15) is 19.7 Å². The molecular formula is C15H15N3O6. The molecule has 24 heavy (non-hydrogen) atoms. The van der Waals surface area contributed by atoms with Crippen LogP contribution < -0.4 is 5.32 Å². The smallest absolute Gasteiger partial charge is 0.344 e. The predicted molar refractivity (Wildman–Crippen MR) is 82.6 cm³/mol. The van der Waals surface area contributed by atoms with Crippen molar-refractivity contribution in [1.29, 1.82) is 0 Å². The minimum absolute atomic E-state index is 0.0918. The van der Waals surface area contributed by atoms with Crippen molar-refractivity contribution in [3.8, 4) is 0 Å². The molecule has 0 unspecified atom stereocenters. The summed E-state index contributed by atoms with van der Waals surface area (Å²) in [6.45, 7) is 4.57. The predicted octanol–water partition coefficient (Wildman–Crippen LogP) is 2.38. The van der Waals surface area contributed by atoms with Gasteiger partial charge < -0.3 is 14.6 Å². The lowest BCUT2D eigenvalue weighted by molar-refractivity contribution is -0.384. The lowest BCUT2D eigenvalue weighted by Crippen LogP contribution is -2.30. The average Bonchev–Trinajstić information content (AvgIpc) is 2.86. The average molecular weight is 333 g/mol. The highest BCUT2D eigenvalue weighted by Crippen LogP contribution is 2.17. The van der Waals surface area contributed by atoms with Crippen LogP contribution in [0.2, 0.25) is 0 Å². The van der Waals surface area contributed by atoms with Crippen molar-refractivity contribution >= 4 is 23.3 Å². The highest BCUT2D eigenvalue weighted by molar-refractivity contribution is 5.98. The van der Waals surface area contributed by atoms with Crippen LogP contribution in [0.4, 0.5) is 11.4 Å². The fourth-order valence-corrected chi connectivity index (χ4v) is 1.96. The number of aryl methyl sites for hydroxylation is 2. The number of non-ortho nitro benzene ring substituents is 1. The molecule has 9 nitrogen and oxygen atoms in total.